The lowest BCUT2D eigenvalue weighted by Gasteiger charge is -2.19. The van der Waals surface area contributed by atoms with Gasteiger partial charge in [-0.2, -0.15) is 0 Å². The van der Waals surface area contributed by atoms with Gasteiger partial charge in [0.25, 0.3) is 11.6 Å². The third-order valence-electron chi connectivity index (χ3n) is 2.77. The molecule has 1 aromatic carbocycles. The van der Waals surface area contributed by atoms with E-state index < -0.39 is 4.92 Å². The summed E-state index contributed by atoms with van der Waals surface area (Å²) in [6, 6.07) is 2.88. The van der Waals surface area contributed by atoms with Crippen LogP contribution in [0, 0.1) is 10.1 Å². The van der Waals surface area contributed by atoms with Crippen LogP contribution in [-0.2, 0) is 4.79 Å². The summed E-state index contributed by atoms with van der Waals surface area (Å²) in [5.74, 6) is 0.0632. The van der Waals surface area contributed by atoms with E-state index in [4.69, 9.17) is 4.74 Å². The molecule has 0 saturated heterocycles. The third kappa shape index (κ3) is 2.93. The highest BCUT2D eigenvalue weighted by molar-refractivity contribution is 5.96. The van der Waals surface area contributed by atoms with E-state index in [0.29, 0.717) is 23.7 Å². The summed E-state index contributed by atoms with van der Waals surface area (Å²) >= 11 is 0. The van der Waals surface area contributed by atoms with Gasteiger partial charge in [0.15, 0.2) is 12.4 Å². The number of carbonyl (C=O) groups excluding carboxylic acids is 1. The number of hydrogen-bond donors (Lipinski definition) is 2. The molecule has 2 N–H and O–H groups in total. The summed E-state index contributed by atoms with van der Waals surface area (Å²) in [4.78, 5) is 21.8. The minimum Gasteiger partial charge on any atom is -0.481 e. The predicted molar refractivity (Wildman–Crippen MR) is 70.6 cm³/mol. The zero-order valence-corrected chi connectivity index (χ0v) is 10.6. The molecule has 7 nitrogen and oxygen atoms in total. The number of unbranched alkanes of at least 4 members (excludes halogenated alkanes) is 1. The SMILES string of the molecule is CCCCNc1cc2c(cc1[N+](=O)[O-])OCC(=O)N2. The lowest BCUT2D eigenvalue weighted by Crippen LogP contribution is -2.25. The number of anilines is 2. The number of carbonyl (C=O) groups is 1. The molecule has 0 spiro atoms. The Balaban J connectivity index is 2.31. The maximum Gasteiger partial charge on any atom is 0.296 e. The highest BCUT2D eigenvalue weighted by Gasteiger charge is 2.23. The Morgan fingerprint density at radius 3 is 3.00 bits per heavy atom. The first-order chi connectivity index (χ1) is 9.11. The summed E-state index contributed by atoms with van der Waals surface area (Å²) < 4.78 is 5.16. The molecular weight excluding hydrogens is 250 g/mol. The largest absolute Gasteiger partial charge is 0.481 e. The van der Waals surface area contributed by atoms with E-state index in [0.717, 1.165) is 12.8 Å². The van der Waals surface area contributed by atoms with Gasteiger partial charge in [-0.05, 0) is 12.5 Å². The molecule has 1 amide bonds. The van der Waals surface area contributed by atoms with Crippen molar-refractivity contribution in [3.8, 4) is 5.75 Å². The van der Waals surface area contributed by atoms with Crippen molar-refractivity contribution in [2.45, 2.75) is 19.8 Å². The lowest BCUT2D eigenvalue weighted by atomic mass is 10.2. The van der Waals surface area contributed by atoms with E-state index in [9.17, 15) is 14.9 Å². The molecule has 1 aromatic rings. The maximum absolute atomic E-state index is 11.2. The van der Waals surface area contributed by atoms with Gasteiger partial charge in [0, 0.05) is 6.54 Å². The van der Waals surface area contributed by atoms with Crippen LogP contribution in [0.4, 0.5) is 17.1 Å². The second-order valence-corrected chi connectivity index (χ2v) is 4.24. The molecule has 1 aliphatic heterocycles. The van der Waals surface area contributed by atoms with Gasteiger partial charge in [-0.3, -0.25) is 14.9 Å². The van der Waals surface area contributed by atoms with Gasteiger partial charge in [-0.15, -0.1) is 0 Å². The molecule has 0 saturated carbocycles. The molecule has 0 radical (unpaired) electrons. The highest BCUT2D eigenvalue weighted by Crippen LogP contribution is 2.37. The Labute approximate surface area is 110 Å². The second-order valence-electron chi connectivity index (χ2n) is 4.24. The Hall–Kier alpha value is -2.31. The minimum absolute atomic E-state index is 0.0500. The van der Waals surface area contributed by atoms with Crippen LogP contribution in [0.3, 0.4) is 0 Å². The Morgan fingerprint density at radius 2 is 2.32 bits per heavy atom. The third-order valence-corrected chi connectivity index (χ3v) is 2.77. The average Bonchev–Trinajstić information content (AvgIpc) is 2.37. The number of nitro benzene ring substituents is 1. The number of fused-ring (bicyclic) bond motifs is 1. The zero-order chi connectivity index (χ0) is 13.8. The molecule has 19 heavy (non-hydrogen) atoms. The first kappa shape index (κ1) is 13.1. The minimum atomic E-state index is -0.464. The van der Waals surface area contributed by atoms with Crippen molar-refractivity contribution in [3.63, 3.8) is 0 Å². The van der Waals surface area contributed by atoms with Gasteiger partial charge in [0.05, 0.1) is 16.7 Å². The average molecular weight is 265 g/mol. The Bertz CT molecular complexity index is 516. The number of nitrogens with zero attached hydrogens (tertiary/aromatic N) is 1. The molecule has 0 aliphatic carbocycles. The van der Waals surface area contributed by atoms with Crippen molar-refractivity contribution >= 4 is 23.0 Å². The number of nitrogens with one attached hydrogen (secondary N) is 2. The van der Waals surface area contributed by atoms with E-state index in [1.807, 2.05) is 6.92 Å². The fraction of sp³-hybridized carbons (Fsp3) is 0.417. The van der Waals surface area contributed by atoms with Crippen LogP contribution >= 0.6 is 0 Å². The first-order valence-electron chi connectivity index (χ1n) is 6.10. The topological polar surface area (TPSA) is 93.5 Å². The molecule has 0 aromatic heterocycles. The number of hydrogen-bond acceptors (Lipinski definition) is 5. The van der Waals surface area contributed by atoms with E-state index in [1.165, 1.54) is 6.07 Å². The number of nitro groups is 1. The quantitative estimate of drug-likeness (QED) is 0.483. The summed E-state index contributed by atoms with van der Waals surface area (Å²) in [5.41, 5.74) is 0.801. The molecule has 0 fully saturated rings. The molecule has 1 aliphatic rings. The molecule has 102 valence electrons. The standard InChI is InChI=1S/C12H15N3O4/c1-2-3-4-13-8-5-9-11(6-10(8)15(17)18)19-7-12(16)14-9/h5-6,13H,2-4,7H2,1H3,(H,14,16). The van der Waals surface area contributed by atoms with Gasteiger partial charge >= 0.3 is 0 Å². The van der Waals surface area contributed by atoms with Gasteiger partial charge in [-0.25, -0.2) is 0 Å². The van der Waals surface area contributed by atoms with E-state index >= 15 is 0 Å². The molecule has 0 bridgehead atoms. The van der Waals surface area contributed by atoms with Crippen LogP contribution in [0.25, 0.3) is 0 Å². The summed E-state index contributed by atoms with van der Waals surface area (Å²) in [6.07, 6.45) is 1.91. The normalized spacial score (nSPS) is 13.2. The number of rotatable bonds is 5. The van der Waals surface area contributed by atoms with E-state index in [2.05, 4.69) is 10.6 Å². The van der Waals surface area contributed by atoms with E-state index in [1.54, 1.807) is 6.07 Å². The van der Waals surface area contributed by atoms with Crippen molar-refractivity contribution in [1.82, 2.24) is 0 Å². The molecule has 0 atom stereocenters. The zero-order valence-electron chi connectivity index (χ0n) is 10.6. The molecular formula is C12H15N3O4. The van der Waals surface area contributed by atoms with Crippen LogP contribution < -0.4 is 15.4 Å². The van der Waals surface area contributed by atoms with E-state index in [-0.39, 0.29) is 18.2 Å². The Kier molecular flexibility index (Phi) is 3.84. The van der Waals surface area contributed by atoms with Crippen molar-refractivity contribution in [3.05, 3.63) is 22.2 Å². The number of amides is 1. The van der Waals surface area contributed by atoms with Crippen LogP contribution in [0.15, 0.2) is 12.1 Å². The second kappa shape index (κ2) is 5.55. The lowest BCUT2D eigenvalue weighted by molar-refractivity contribution is -0.384. The summed E-state index contributed by atoms with van der Waals surface area (Å²) in [6.45, 7) is 2.56. The van der Waals surface area contributed by atoms with Gasteiger partial charge < -0.3 is 15.4 Å². The van der Waals surface area contributed by atoms with Crippen molar-refractivity contribution in [2.75, 3.05) is 23.8 Å². The van der Waals surface area contributed by atoms with Crippen LogP contribution in [0.5, 0.6) is 5.75 Å². The molecule has 1 heterocycles. The van der Waals surface area contributed by atoms with Crippen LogP contribution in [0.1, 0.15) is 19.8 Å². The highest BCUT2D eigenvalue weighted by atomic mass is 16.6. The molecule has 2 rings (SSSR count). The van der Waals surface area contributed by atoms with Crippen molar-refractivity contribution in [1.29, 1.82) is 0 Å². The predicted octanol–water partition coefficient (Wildman–Crippen LogP) is 2.14. The van der Waals surface area contributed by atoms with Crippen molar-refractivity contribution < 1.29 is 14.5 Å². The molecule has 0 unspecified atom stereocenters. The smallest absolute Gasteiger partial charge is 0.296 e. The number of benzene rings is 1. The van der Waals surface area contributed by atoms with Crippen LogP contribution in [0.2, 0.25) is 0 Å². The van der Waals surface area contributed by atoms with Crippen molar-refractivity contribution in [2.24, 2.45) is 0 Å². The Morgan fingerprint density at radius 1 is 1.53 bits per heavy atom. The number of ether oxygens (including phenoxy) is 1. The van der Waals surface area contributed by atoms with Gasteiger partial charge in [-0.1, -0.05) is 13.3 Å². The fourth-order valence-electron chi connectivity index (χ4n) is 1.81. The first-order valence-corrected chi connectivity index (χ1v) is 6.10. The van der Waals surface area contributed by atoms with Crippen LogP contribution in [-0.4, -0.2) is 24.0 Å². The molecule has 7 heteroatoms. The maximum atomic E-state index is 11.2. The monoisotopic (exact) mass is 265 g/mol. The fourth-order valence-corrected chi connectivity index (χ4v) is 1.81. The summed E-state index contributed by atoms with van der Waals surface area (Å²) in [7, 11) is 0. The summed E-state index contributed by atoms with van der Waals surface area (Å²) in [5, 5.41) is 16.7. The van der Waals surface area contributed by atoms with Gasteiger partial charge in [0.1, 0.15) is 5.69 Å². The van der Waals surface area contributed by atoms with Gasteiger partial charge in [0.2, 0.25) is 0 Å².